The Morgan fingerprint density at radius 2 is 1.94 bits per heavy atom. The average Bonchev–Trinajstić information content (AvgIpc) is 2.31. The third-order valence-electron chi connectivity index (χ3n) is 2.47. The molecule has 0 fully saturated rings. The van der Waals surface area contributed by atoms with Gasteiger partial charge in [-0.05, 0) is 30.5 Å². The van der Waals surface area contributed by atoms with Crippen molar-refractivity contribution in [3.63, 3.8) is 0 Å². The highest BCUT2D eigenvalue weighted by Crippen LogP contribution is 2.14. The standard InChI is InChI=1S/C13H19NO2/c1-3-11(14)9-10-5-7-12(8-6-10)16-13(15)4-2/h5-8,11H,3-4,9,14H2,1-2H3. The lowest BCUT2D eigenvalue weighted by molar-refractivity contribution is -0.134. The minimum absolute atomic E-state index is 0.198. The molecule has 16 heavy (non-hydrogen) atoms. The number of esters is 1. The smallest absolute Gasteiger partial charge is 0.310 e. The van der Waals surface area contributed by atoms with Crippen LogP contribution in [0.5, 0.6) is 5.75 Å². The Balaban J connectivity index is 2.57. The topological polar surface area (TPSA) is 52.3 Å². The van der Waals surface area contributed by atoms with Crippen LogP contribution in [0.2, 0.25) is 0 Å². The quantitative estimate of drug-likeness (QED) is 0.613. The van der Waals surface area contributed by atoms with Crippen LogP contribution in [-0.4, -0.2) is 12.0 Å². The number of hydrogen-bond acceptors (Lipinski definition) is 3. The molecule has 88 valence electrons. The number of carbonyl (C=O) groups is 1. The molecule has 0 bridgehead atoms. The van der Waals surface area contributed by atoms with E-state index in [0.717, 1.165) is 12.8 Å². The molecular weight excluding hydrogens is 202 g/mol. The molecule has 0 saturated heterocycles. The highest BCUT2D eigenvalue weighted by Gasteiger charge is 2.03. The van der Waals surface area contributed by atoms with Crippen molar-refractivity contribution in [2.45, 2.75) is 39.2 Å². The molecule has 3 heteroatoms. The van der Waals surface area contributed by atoms with Gasteiger partial charge in [-0.1, -0.05) is 26.0 Å². The third kappa shape index (κ3) is 4.03. The Morgan fingerprint density at radius 3 is 2.44 bits per heavy atom. The van der Waals surface area contributed by atoms with Gasteiger partial charge in [0.15, 0.2) is 0 Å². The summed E-state index contributed by atoms with van der Waals surface area (Å²) < 4.78 is 5.08. The number of carbonyl (C=O) groups excluding carboxylic acids is 1. The van der Waals surface area contributed by atoms with Gasteiger partial charge in [-0.25, -0.2) is 0 Å². The summed E-state index contributed by atoms with van der Waals surface area (Å²) in [5.41, 5.74) is 7.03. The van der Waals surface area contributed by atoms with Gasteiger partial charge < -0.3 is 10.5 Å². The average molecular weight is 221 g/mol. The van der Waals surface area contributed by atoms with Crippen molar-refractivity contribution in [1.82, 2.24) is 0 Å². The van der Waals surface area contributed by atoms with Crippen LogP contribution in [0, 0.1) is 0 Å². The van der Waals surface area contributed by atoms with Gasteiger partial charge in [0.1, 0.15) is 5.75 Å². The first kappa shape index (κ1) is 12.7. The summed E-state index contributed by atoms with van der Waals surface area (Å²) in [5.74, 6) is 0.388. The van der Waals surface area contributed by atoms with Gasteiger partial charge in [0.25, 0.3) is 0 Å². The van der Waals surface area contributed by atoms with Crippen LogP contribution in [0.3, 0.4) is 0 Å². The van der Waals surface area contributed by atoms with Crippen LogP contribution in [0.4, 0.5) is 0 Å². The fourth-order valence-corrected chi connectivity index (χ4v) is 1.34. The number of benzene rings is 1. The van der Waals surface area contributed by atoms with E-state index < -0.39 is 0 Å². The Hall–Kier alpha value is -1.35. The van der Waals surface area contributed by atoms with E-state index in [0.29, 0.717) is 12.2 Å². The molecule has 0 aromatic heterocycles. The van der Waals surface area contributed by atoms with Gasteiger partial charge in [0.2, 0.25) is 0 Å². The Morgan fingerprint density at radius 1 is 1.31 bits per heavy atom. The second kappa shape index (κ2) is 6.28. The molecule has 0 aliphatic carbocycles. The minimum atomic E-state index is -0.210. The number of nitrogens with two attached hydrogens (primary N) is 1. The molecule has 1 aromatic carbocycles. The van der Waals surface area contributed by atoms with Gasteiger partial charge in [-0.2, -0.15) is 0 Å². The van der Waals surface area contributed by atoms with E-state index in [1.807, 2.05) is 24.3 Å². The lowest BCUT2D eigenvalue weighted by Crippen LogP contribution is -2.21. The van der Waals surface area contributed by atoms with E-state index in [1.54, 1.807) is 6.92 Å². The molecule has 1 rings (SSSR count). The van der Waals surface area contributed by atoms with Crippen molar-refractivity contribution in [3.05, 3.63) is 29.8 Å². The van der Waals surface area contributed by atoms with E-state index in [4.69, 9.17) is 10.5 Å². The monoisotopic (exact) mass is 221 g/mol. The van der Waals surface area contributed by atoms with E-state index in [-0.39, 0.29) is 12.0 Å². The number of hydrogen-bond donors (Lipinski definition) is 1. The van der Waals surface area contributed by atoms with Gasteiger partial charge in [0, 0.05) is 12.5 Å². The van der Waals surface area contributed by atoms with Gasteiger partial charge in [-0.3, -0.25) is 4.79 Å². The fraction of sp³-hybridized carbons (Fsp3) is 0.462. The molecule has 1 aromatic rings. The van der Waals surface area contributed by atoms with Crippen LogP contribution in [0.15, 0.2) is 24.3 Å². The maximum atomic E-state index is 11.0. The third-order valence-corrected chi connectivity index (χ3v) is 2.47. The van der Waals surface area contributed by atoms with Crippen LogP contribution in [0.25, 0.3) is 0 Å². The molecule has 1 atom stereocenters. The minimum Gasteiger partial charge on any atom is -0.427 e. The molecule has 0 aliphatic heterocycles. The Bertz CT molecular complexity index is 332. The zero-order valence-corrected chi connectivity index (χ0v) is 9.90. The van der Waals surface area contributed by atoms with Crippen molar-refractivity contribution < 1.29 is 9.53 Å². The van der Waals surface area contributed by atoms with Crippen LogP contribution >= 0.6 is 0 Å². The molecular formula is C13H19NO2. The number of ether oxygens (including phenoxy) is 1. The molecule has 0 spiro atoms. The van der Waals surface area contributed by atoms with Gasteiger partial charge in [-0.15, -0.1) is 0 Å². The van der Waals surface area contributed by atoms with Crippen molar-refractivity contribution in [2.75, 3.05) is 0 Å². The SMILES string of the molecule is CCC(=O)Oc1ccc(CC(N)CC)cc1. The maximum Gasteiger partial charge on any atom is 0.310 e. The number of rotatable bonds is 5. The second-order valence-corrected chi connectivity index (χ2v) is 3.84. The Kier molecular flexibility index (Phi) is 4.99. The van der Waals surface area contributed by atoms with Crippen LogP contribution in [-0.2, 0) is 11.2 Å². The van der Waals surface area contributed by atoms with E-state index in [1.165, 1.54) is 5.56 Å². The molecule has 0 saturated carbocycles. The molecule has 2 N–H and O–H groups in total. The van der Waals surface area contributed by atoms with E-state index in [9.17, 15) is 4.79 Å². The van der Waals surface area contributed by atoms with Crippen molar-refractivity contribution in [2.24, 2.45) is 5.73 Å². The molecule has 0 heterocycles. The lowest BCUT2D eigenvalue weighted by atomic mass is 10.0. The van der Waals surface area contributed by atoms with Crippen LogP contribution < -0.4 is 10.5 Å². The summed E-state index contributed by atoms with van der Waals surface area (Å²) in [6, 6.07) is 7.72. The normalized spacial score (nSPS) is 12.2. The fourth-order valence-electron chi connectivity index (χ4n) is 1.34. The first-order valence-electron chi connectivity index (χ1n) is 5.70. The highest BCUT2D eigenvalue weighted by atomic mass is 16.5. The summed E-state index contributed by atoms with van der Waals surface area (Å²) in [5, 5.41) is 0. The van der Waals surface area contributed by atoms with Gasteiger partial charge in [0.05, 0.1) is 0 Å². The summed E-state index contributed by atoms with van der Waals surface area (Å²) in [4.78, 5) is 11.0. The predicted molar refractivity (Wildman–Crippen MR) is 64.3 cm³/mol. The molecule has 3 nitrogen and oxygen atoms in total. The van der Waals surface area contributed by atoms with Crippen molar-refractivity contribution in [3.8, 4) is 5.75 Å². The molecule has 0 radical (unpaired) electrons. The largest absolute Gasteiger partial charge is 0.427 e. The zero-order valence-electron chi connectivity index (χ0n) is 9.90. The van der Waals surface area contributed by atoms with Crippen molar-refractivity contribution in [1.29, 1.82) is 0 Å². The van der Waals surface area contributed by atoms with Crippen molar-refractivity contribution >= 4 is 5.97 Å². The highest BCUT2D eigenvalue weighted by molar-refractivity contribution is 5.71. The second-order valence-electron chi connectivity index (χ2n) is 3.84. The lowest BCUT2D eigenvalue weighted by Gasteiger charge is -2.09. The first-order valence-corrected chi connectivity index (χ1v) is 5.70. The molecule has 0 amide bonds. The Labute approximate surface area is 96.6 Å². The van der Waals surface area contributed by atoms with Gasteiger partial charge >= 0.3 is 5.97 Å². The molecule has 0 aliphatic rings. The summed E-state index contributed by atoms with van der Waals surface area (Å²) >= 11 is 0. The zero-order chi connectivity index (χ0) is 12.0. The predicted octanol–water partition coefficient (Wildman–Crippen LogP) is 2.28. The summed E-state index contributed by atoms with van der Waals surface area (Å²) in [6.07, 6.45) is 2.22. The molecule has 1 unspecified atom stereocenters. The maximum absolute atomic E-state index is 11.0. The summed E-state index contributed by atoms with van der Waals surface area (Å²) in [6.45, 7) is 3.85. The van der Waals surface area contributed by atoms with E-state index >= 15 is 0 Å². The first-order chi connectivity index (χ1) is 7.65. The summed E-state index contributed by atoms with van der Waals surface area (Å²) in [7, 11) is 0. The van der Waals surface area contributed by atoms with Crippen LogP contribution in [0.1, 0.15) is 32.3 Å². The van der Waals surface area contributed by atoms with E-state index in [2.05, 4.69) is 6.92 Å².